The van der Waals surface area contributed by atoms with E-state index in [4.69, 9.17) is 0 Å². The Morgan fingerprint density at radius 3 is 2.58 bits per heavy atom. The highest BCUT2D eigenvalue weighted by atomic mass is 16.1. The van der Waals surface area contributed by atoms with Gasteiger partial charge in [-0.3, -0.25) is 19.1 Å². The molecule has 6 aromatic rings. The van der Waals surface area contributed by atoms with E-state index < -0.39 is 0 Å². The first-order valence-electron chi connectivity index (χ1n) is 10.5. The van der Waals surface area contributed by atoms with Crippen molar-refractivity contribution in [2.75, 3.05) is 0 Å². The summed E-state index contributed by atoms with van der Waals surface area (Å²) in [6.07, 6.45) is 8.55. The van der Waals surface area contributed by atoms with E-state index in [0.29, 0.717) is 6.54 Å². The predicted molar refractivity (Wildman–Crippen MR) is 126 cm³/mol. The van der Waals surface area contributed by atoms with E-state index in [1.807, 2.05) is 54.7 Å². The highest BCUT2D eigenvalue weighted by Crippen LogP contribution is 2.29. The van der Waals surface area contributed by atoms with Crippen LogP contribution in [0, 0.1) is 0 Å². The zero-order valence-electron chi connectivity index (χ0n) is 17.8. The Morgan fingerprint density at radius 1 is 0.939 bits per heavy atom. The molecule has 0 bridgehead atoms. The van der Waals surface area contributed by atoms with Gasteiger partial charge in [-0.1, -0.05) is 24.3 Å². The molecule has 6 rings (SSSR count). The number of nitrogens with zero attached hydrogens (tertiary/aromatic N) is 7. The van der Waals surface area contributed by atoms with Gasteiger partial charge in [0, 0.05) is 30.4 Å². The van der Waals surface area contributed by atoms with Gasteiger partial charge in [-0.05, 0) is 41.5 Å². The van der Waals surface area contributed by atoms with Crippen LogP contribution in [0.4, 0.5) is 0 Å². The van der Waals surface area contributed by atoms with Crippen molar-refractivity contribution in [3.8, 4) is 16.8 Å². The molecule has 0 fully saturated rings. The average molecular weight is 433 g/mol. The van der Waals surface area contributed by atoms with E-state index in [-0.39, 0.29) is 5.69 Å². The van der Waals surface area contributed by atoms with Crippen LogP contribution >= 0.6 is 0 Å². The van der Waals surface area contributed by atoms with Gasteiger partial charge in [0.15, 0.2) is 0 Å². The first-order chi connectivity index (χ1) is 16.2. The molecule has 0 aliphatic heterocycles. The summed E-state index contributed by atoms with van der Waals surface area (Å²) in [5, 5.41) is 5.07. The Bertz CT molecular complexity index is 1650. The minimum atomic E-state index is -0.116. The number of rotatable bonds is 4. The molecule has 4 heterocycles. The summed E-state index contributed by atoms with van der Waals surface area (Å²) in [5.74, 6) is 0. The van der Waals surface area contributed by atoms with Gasteiger partial charge in [-0.2, -0.15) is 5.10 Å². The minimum Gasteiger partial charge on any atom is -0.293 e. The highest BCUT2D eigenvalue weighted by molar-refractivity contribution is 6.04. The van der Waals surface area contributed by atoms with E-state index in [2.05, 4.69) is 26.1 Å². The fourth-order valence-electron chi connectivity index (χ4n) is 4.20. The van der Waals surface area contributed by atoms with E-state index in [0.717, 1.165) is 44.3 Å². The molecule has 8 heteroatoms. The van der Waals surface area contributed by atoms with Crippen molar-refractivity contribution in [2.24, 2.45) is 7.05 Å². The monoisotopic (exact) mass is 433 g/mol. The summed E-state index contributed by atoms with van der Waals surface area (Å²) >= 11 is 0. The van der Waals surface area contributed by atoms with Crippen LogP contribution in [0.3, 0.4) is 0 Å². The number of fused-ring (bicyclic) bond motifs is 3. The standard InChI is InChI=1S/C25H19N7O/c1-30-23-13-28-22-9-6-18(19-3-2-10-26-12-19)11-21(22)24(23)32(25(30)33)20-7-4-17(5-8-20)14-31-16-27-15-29-31/h2-13,15-16H,14H2,1H3. The van der Waals surface area contributed by atoms with Gasteiger partial charge in [0.25, 0.3) is 0 Å². The van der Waals surface area contributed by atoms with Crippen LogP contribution in [0.15, 0.2) is 90.6 Å². The molecule has 0 amide bonds. The lowest BCUT2D eigenvalue weighted by Crippen LogP contribution is -2.20. The summed E-state index contributed by atoms with van der Waals surface area (Å²) in [4.78, 5) is 26.1. The molecule has 0 radical (unpaired) electrons. The van der Waals surface area contributed by atoms with E-state index >= 15 is 0 Å². The first kappa shape index (κ1) is 19.1. The van der Waals surface area contributed by atoms with Crippen LogP contribution in [0.25, 0.3) is 38.8 Å². The van der Waals surface area contributed by atoms with Crippen LogP contribution in [0.2, 0.25) is 0 Å². The minimum absolute atomic E-state index is 0.116. The maximum atomic E-state index is 13.3. The molecule has 0 aliphatic carbocycles. The second kappa shape index (κ2) is 7.52. The Balaban J connectivity index is 1.54. The van der Waals surface area contributed by atoms with Gasteiger partial charge in [0.05, 0.1) is 35.0 Å². The van der Waals surface area contributed by atoms with E-state index in [1.165, 1.54) is 6.33 Å². The normalized spacial score (nSPS) is 11.4. The second-order valence-corrected chi connectivity index (χ2v) is 7.90. The third-order valence-corrected chi connectivity index (χ3v) is 5.88. The lowest BCUT2D eigenvalue weighted by Gasteiger charge is -2.09. The zero-order valence-corrected chi connectivity index (χ0v) is 17.8. The number of imidazole rings is 1. The van der Waals surface area contributed by atoms with Crippen molar-refractivity contribution < 1.29 is 0 Å². The second-order valence-electron chi connectivity index (χ2n) is 7.90. The van der Waals surface area contributed by atoms with Crippen molar-refractivity contribution in [3.63, 3.8) is 0 Å². The van der Waals surface area contributed by atoms with E-state index in [9.17, 15) is 4.79 Å². The van der Waals surface area contributed by atoms with Gasteiger partial charge >= 0.3 is 5.69 Å². The van der Waals surface area contributed by atoms with Gasteiger partial charge in [-0.25, -0.2) is 14.5 Å². The third-order valence-electron chi connectivity index (χ3n) is 5.88. The molecule has 0 spiro atoms. The molecule has 0 unspecified atom stereocenters. The number of hydrogen-bond donors (Lipinski definition) is 0. The van der Waals surface area contributed by atoms with Crippen LogP contribution in [0.5, 0.6) is 0 Å². The molecular weight excluding hydrogens is 414 g/mol. The number of pyridine rings is 2. The number of benzene rings is 2. The Labute approximate surface area is 188 Å². The van der Waals surface area contributed by atoms with Crippen molar-refractivity contribution in [1.29, 1.82) is 0 Å². The van der Waals surface area contributed by atoms with Crippen molar-refractivity contribution >= 4 is 21.9 Å². The van der Waals surface area contributed by atoms with Gasteiger partial charge < -0.3 is 0 Å². The molecule has 2 aromatic carbocycles. The smallest absolute Gasteiger partial charge is 0.293 e. The molecule has 0 saturated carbocycles. The molecule has 4 aromatic heterocycles. The topological polar surface area (TPSA) is 83.4 Å². The first-order valence-corrected chi connectivity index (χ1v) is 10.5. The molecule has 160 valence electrons. The SMILES string of the molecule is Cn1c(=O)n(-c2ccc(Cn3cncn3)cc2)c2c3cc(-c4cccnc4)ccc3ncc21. The fourth-order valence-corrected chi connectivity index (χ4v) is 4.20. The molecule has 0 aliphatic rings. The summed E-state index contributed by atoms with van der Waals surface area (Å²) in [6, 6.07) is 18.0. The van der Waals surface area contributed by atoms with Crippen molar-refractivity contribution in [2.45, 2.75) is 6.54 Å². The Hall–Kier alpha value is -4.59. The summed E-state index contributed by atoms with van der Waals surface area (Å²) in [6.45, 7) is 0.617. The number of aryl methyl sites for hydroxylation is 1. The lowest BCUT2D eigenvalue weighted by atomic mass is 10.0. The van der Waals surface area contributed by atoms with Crippen molar-refractivity contribution in [1.82, 2.24) is 33.9 Å². The molecule has 33 heavy (non-hydrogen) atoms. The molecule has 8 nitrogen and oxygen atoms in total. The average Bonchev–Trinajstić information content (AvgIpc) is 3.46. The van der Waals surface area contributed by atoms with E-state index in [1.54, 1.807) is 39.6 Å². The zero-order chi connectivity index (χ0) is 22.4. The van der Waals surface area contributed by atoms with Crippen LogP contribution in [-0.2, 0) is 13.6 Å². The van der Waals surface area contributed by atoms with Crippen LogP contribution in [0.1, 0.15) is 5.56 Å². The number of hydrogen-bond acceptors (Lipinski definition) is 5. The molecule has 0 atom stereocenters. The van der Waals surface area contributed by atoms with Gasteiger partial charge in [0.2, 0.25) is 0 Å². The van der Waals surface area contributed by atoms with Crippen LogP contribution in [-0.4, -0.2) is 33.9 Å². The maximum absolute atomic E-state index is 13.3. The van der Waals surface area contributed by atoms with Crippen molar-refractivity contribution in [3.05, 3.63) is 102 Å². The Morgan fingerprint density at radius 2 is 1.82 bits per heavy atom. The Kier molecular flexibility index (Phi) is 4.36. The van der Waals surface area contributed by atoms with Crippen LogP contribution < -0.4 is 5.69 Å². The molecule has 0 N–H and O–H groups in total. The third kappa shape index (κ3) is 3.20. The quantitative estimate of drug-likeness (QED) is 0.424. The summed E-state index contributed by atoms with van der Waals surface area (Å²) < 4.78 is 5.16. The predicted octanol–water partition coefficient (Wildman–Crippen LogP) is 3.58. The van der Waals surface area contributed by atoms with Gasteiger partial charge in [-0.15, -0.1) is 0 Å². The summed E-state index contributed by atoms with van der Waals surface area (Å²) in [5.41, 5.74) is 6.24. The summed E-state index contributed by atoms with van der Waals surface area (Å²) in [7, 11) is 1.78. The highest BCUT2D eigenvalue weighted by Gasteiger charge is 2.16. The van der Waals surface area contributed by atoms with Gasteiger partial charge in [0.1, 0.15) is 12.7 Å². The fraction of sp³-hybridized carbons (Fsp3) is 0.0800. The largest absolute Gasteiger partial charge is 0.333 e. The maximum Gasteiger partial charge on any atom is 0.333 e. The number of aromatic nitrogens is 7. The molecule has 0 saturated heterocycles. The molecular formula is C25H19N7O. The lowest BCUT2D eigenvalue weighted by molar-refractivity contribution is 0.684.